The Hall–Kier alpha value is -1.07. The molecule has 0 aliphatic heterocycles. The van der Waals surface area contributed by atoms with E-state index in [4.69, 9.17) is 10.4 Å². The number of nitrogens with one attached hydrogen (secondary N) is 1. The minimum absolute atomic E-state index is 0.00463. The van der Waals surface area contributed by atoms with E-state index in [1.54, 1.807) is 0 Å². The summed E-state index contributed by atoms with van der Waals surface area (Å²) in [6.45, 7) is 0. The van der Waals surface area contributed by atoms with E-state index < -0.39 is 0 Å². The van der Waals surface area contributed by atoms with E-state index in [2.05, 4.69) is 9.97 Å². The predicted octanol–water partition coefficient (Wildman–Crippen LogP) is -0.00550. The second-order valence-corrected chi connectivity index (χ2v) is 1.20. The highest BCUT2D eigenvalue weighted by Crippen LogP contribution is 1.96. The standard InChI is InChI=1S/C3H5N3O2/c7-6(8)3-4-1-2-5-3/h1-2,7-8H,(H,4,5). The number of hydrogen-bond donors (Lipinski definition) is 3. The van der Waals surface area contributed by atoms with Crippen molar-refractivity contribution in [1.29, 1.82) is 0 Å². The first-order valence-corrected chi connectivity index (χ1v) is 1.98. The van der Waals surface area contributed by atoms with Gasteiger partial charge in [-0.1, -0.05) is 5.23 Å². The van der Waals surface area contributed by atoms with Gasteiger partial charge in [-0.3, -0.25) is 10.4 Å². The molecule has 3 N–H and O–H groups in total. The topological polar surface area (TPSA) is 72.4 Å². The van der Waals surface area contributed by atoms with Crippen LogP contribution in [0.4, 0.5) is 5.95 Å². The number of aromatic nitrogens is 2. The van der Waals surface area contributed by atoms with Gasteiger partial charge in [-0.05, 0) is 0 Å². The van der Waals surface area contributed by atoms with E-state index in [0.717, 1.165) is 0 Å². The summed E-state index contributed by atoms with van der Waals surface area (Å²) < 4.78 is 0. The number of aromatic amines is 1. The maximum absolute atomic E-state index is 8.21. The number of imidazole rings is 1. The maximum Gasteiger partial charge on any atom is 0.255 e. The van der Waals surface area contributed by atoms with Gasteiger partial charge >= 0.3 is 0 Å². The highest BCUT2D eigenvalue weighted by atomic mass is 16.8. The fraction of sp³-hybridized carbons (Fsp3) is 0. The summed E-state index contributed by atoms with van der Waals surface area (Å²) in [7, 11) is 0. The maximum atomic E-state index is 8.21. The predicted molar refractivity (Wildman–Crippen MR) is 24.6 cm³/mol. The van der Waals surface area contributed by atoms with Gasteiger partial charge in [0.25, 0.3) is 5.95 Å². The van der Waals surface area contributed by atoms with Crippen LogP contribution in [0.2, 0.25) is 0 Å². The van der Waals surface area contributed by atoms with Crippen molar-refractivity contribution in [1.82, 2.24) is 9.97 Å². The Morgan fingerprint density at radius 3 is 2.62 bits per heavy atom. The number of nitrogens with zero attached hydrogens (tertiary/aromatic N) is 2. The van der Waals surface area contributed by atoms with Gasteiger partial charge in [-0.2, -0.15) is 0 Å². The second kappa shape index (κ2) is 1.81. The molecule has 0 unspecified atom stereocenters. The summed E-state index contributed by atoms with van der Waals surface area (Å²) in [6, 6.07) is 0. The largest absolute Gasteiger partial charge is 0.327 e. The van der Waals surface area contributed by atoms with Crippen LogP contribution in [0.5, 0.6) is 0 Å². The molecule has 1 rings (SSSR count). The first-order chi connectivity index (χ1) is 3.80. The van der Waals surface area contributed by atoms with E-state index >= 15 is 0 Å². The summed E-state index contributed by atoms with van der Waals surface area (Å²) in [5.74, 6) is 0.00463. The van der Waals surface area contributed by atoms with Crippen molar-refractivity contribution in [3.63, 3.8) is 0 Å². The zero-order valence-corrected chi connectivity index (χ0v) is 3.94. The first kappa shape index (κ1) is 5.07. The fourth-order valence-electron chi connectivity index (χ4n) is 0.366. The molecule has 0 atom stereocenters. The van der Waals surface area contributed by atoms with E-state index in [0.29, 0.717) is 0 Å². The van der Waals surface area contributed by atoms with E-state index in [9.17, 15) is 0 Å². The number of H-pyrrole nitrogens is 1. The minimum Gasteiger partial charge on any atom is -0.327 e. The minimum atomic E-state index is -0.0833. The van der Waals surface area contributed by atoms with Crippen LogP contribution < -0.4 is 5.23 Å². The third-order valence-electron chi connectivity index (χ3n) is 0.673. The molecular formula is C3H5N3O2. The smallest absolute Gasteiger partial charge is 0.255 e. The molecule has 0 bridgehead atoms. The molecule has 0 aromatic carbocycles. The lowest BCUT2D eigenvalue weighted by Gasteiger charge is -1.99. The van der Waals surface area contributed by atoms with Crippen molar-refractivity contribution in [3.8, 4) is 0 Å². The third-order valence-corrected chi connectivity index (χ3v) is 0.673. The van der Waals surface area contributed by atoms with E-state index in [1.807, 2.05) is 0 Å². The molecular weight excluding hydrogens is 110 g/mol. The van der Waals surface area contributed by atoms with Crippen LogP contribution >= 0.6 is 0 Å². The van der Waals surface area contributed by atoms with Gasteiger partial charge < -0.3 is 4.98 Å². The van der Waals surface area contributed by atoms with E-state index in [-0.39, 0.29) is 11.2 Å². The third kappa shape index (κ3) is 0.772. The summed E-state index contributed by atoms with van der Waals surface area (Å²) in [6.07, 6.45) is 2.89. The van der Waals surface area contributed by atoms with Crippen molar-refractivity contribution in [3.05, 3.63) is 12.4 Å². The highest BCUT2D eigenvalue weighted by Gasteiger charge is 1.96. The van der Waals surface area contributed by atoms with Crippen LogP contribution in [-0.4, -0.2) is 20.4 Å². The van der Waals surface area contributed by atoms with Gasteiger partial charge in [0.2, 0.25) is 0 Å². The Labute approximate surface area is 45.1 Å². The van der Waals surface area contributed by atoms with Crippen molar-refractivity contribution >= 4 is 5.95 Å². The van der Waals surface area contributed by atoms with E-state index in [1.165, 1.54) is 12.4 Å². The van der Waals surface area contributed by atoms with Crippen LogP contribution in [0.1, 0.15) is 0 Å². The molecule has 0 fully saturated rings. The summed E-state index contributed by atoms with van der Waals surface area (Å²) in [5, 5.41) is 16.3. The molecule has 5 nitrogen and oxygen atoms in total. The van der Waals surface area contributed by atoms with Gasteiger partial charge in [0.1, 0.15) is 0 Å². The van der Waals surface area contributed by atoms with Gasteiger partial charge in [0.05, 0.1) is 0 Å². The van der Waals surface area contributed by atoms with Crippen LogP contribution in [-0.2, 0) is 0 Å². The lowest BCUT2D eigenvalue weighted by Crippen LogP contribution is -2.12. The van der Waals surface area contributed by atoms with Crippen LogP contribution in [0.25, 0.3) is 0 Å². The molecule has 1 aromatic rings. The molecule has 8 heavy (non-hydrogen) atoms. The van der Waals surface area contributed by atoms with Crippen molar-refractivity contribution in [2.24, 2.45) is 0 Å². The lowest BCUT2D eigenvalue weighted by molar-refractivity contribution is 0.0247. The average Bonchev–Trinajstić information content (AvgIpc) is 2.12. The normalized spacial score (nSPS) is 9.25. The van der Waals surface area contributed by atoms with Crippen LogP contribution in [0.15, 0.2) is 12.4 Å². The molecule has 0 amide bonds. The number of hydrogen-bond acceptors (Lipinski definition) is 4. The number of rotatable bonds is 1. The van der Waals surface area contributed by atoms with Gasteiger partial charge in [0.15, 0.2) is 0 Å². The Kier molecular flexibility index (Phi) is 1.15. The molecule has 0 saturated carbocycles. The van der Waals surface area contributed by atoms with Crippen molar-refractivity contribution < 1.29 is 10.4 Å². The molecule has 0 aliphatic rings. The molecule has 0 spiro atoms. The van der Waals surface area contributed by atoms with Crippen LogP contribution in [0, 0.1) is 0 Å². The highest BCUT2D eigenvalue weighted by molar-refractivity contribution is 5.18. The second-order valence-electron chi connectivity index (χ2n) is 1.20. The summed E-state index contributed by atoms with van der Waals surface area (Å²) >= 11 is 0. The van der Waals surface area contributed by atoms with Crippen molar-refractivity contribution in [2.45, 2.75) is 0 Å². The Balaban J connectivity index is 2.77. The zero-order chi connectivity index (χ0) is 5.98. The first-order valence-electron chi connectivity index (χ1n) is 1.98. The van der Waals surface area contributed by atoms with Gasteiger partial charge in [-0.15, -0.1) is 0 Å². The summed E-state index contributed by atoms with van der Waals surface area (Å²) in [5.41, 5.74) is 0. The monoisotopic (exact) mass is 115 g/mol. The quantitative estimate of drug-likeness (QED) is 0.450. The van der Waals surface area contributed by atoms with Gasteiger partial charge in [0, 0.05) is 12.4 Å². The molecule has 1 aromatic heterocycles. The molecule has 1 heterocycles. The number of anilines is 1. The Bertz CT molecular complexity index is 148. The van der Waals surface area contributed by atoms with Gasteiger partial charge in [-0.25, -0.2) is 4.98 Å². The molecule has 0 radical (unpaired) electrons. The van der Waals surface area contributed by atoms with Crippen LogP contribution in [0.3, 0.4) is 0 Å². The summed E-state index contributed by atoms with van der Waals surface area (Å²) in [4.78, 5) is 5.94. The SMILES string of the molecule is ON(O)c1ncc[nH]1. The van der Waals surface area contributed by atoms with Crippen molar-refractivity contribution in [2.75, 3.05) is 5.23 Å². The average molecular weight is 115 g/mol. The molecule has 0 aliphatic carbocycles. The lowest BCUT2D eigenvalue weighted by atomic mass is 11.0. The molecule has 5 heteroatoms. The molecule has 44 valence electrons. The zero-order valence-electron chi connectivity index (χ0n) is 3.94. The fourth-order valence-corrected chi connectivity index (χ4v) is 0.366. The Morgan fingerprint density at radius 2 is 2.38 bits per heavy atom. The molecule has 0 saturated heterocycles. The Morgan fingerprint density at radius 1 is 1.62 bits per heavy atom.